The highest BCUT2D eigenvalue weighted by atomic mass is 17.2. The van der Waals surface area contributed by atoms with E-state index in [1.54, 1.807) is 0 Å². The van der Waals surface area contributed by atoms with E-state index >= 15 is 0 Å². The Morgan fingerprint density at radius 3 is 2.05 bits per heavy atom. The molecule has 2 aliphatic heterocycles. The monoisotopic (exact) mass is 594 g/mol. The Morgan fingerprint density at radius 2 is 1.35 bits per heavy atom. The number of benzene rings is 2. The van der Waals surface area contributed by atoms with Gasteiger partial charge in [-0.05, 0) is 131 Å². The Morgan fingerprint density at radius 1 is 0.698 bits per heavy atom. The number of hydrogen-bond donors (Lipinski definition) is 0. The molecule has 6 heteroatoms. The quantitative estimate of drug-likeness (QED) is 0.214. The molecule has 0 radical (unpaired) electrons. The summed E-state index contributed by atoms with van der Waals surface area (Å²) in [6.07, 6.45) is 7.49. The fourth-order valence-corrected chi connectivity index (χ4v) is 6.71. The molecule has 2 heterocycles. The zero-order valence-corrected chi connectivity index (χ0v) is 27.7. The SMILES string of the molecule is Cc1c(CCC2CCC(C3OCC(C)C(C)O3)CC2)ccc(COOc2ccc(C3OCC(C)C(C)O3)c(C)c2C)c1C. The first kappa shape index (κ1) is 32.4. The highest BCUT2D eigenvalue weighted by Crippen LogP contribution is 2.38. The van der Waals surface area contributed by atoms with Crippen molar-refractivity contribution in [3.05, 3.63) is 63.2 Å². The number of hydrogen-bond acceptors (Lipinski definition) is 6. The molecule has 0 bridgehead atoms. The largest absolute Gasteiger partial charge is 0.352 e. The Hall–Kier alpha value is -1.96. The molecule has 43 heavy (non-hydrogen) atoms. The highest BCUT2D eigenvalue weighted by molar-refractivity contribution is 5.44. The fraction of sp³-hybridized carbons (Fsp3) is 0.676. The predicted molar refractivity (Wildman–Crippen MR) is 169 cm³/mol. The van der Waals surface area contributed by atoms with Gasteiger partial charge in [-0.3, -0.25) is 0 Å². The van der Waals surface area contributed by atoms with Crippen LogP contribution in [0.5, 0.6) is 5.75 Å². The highest BCUT2D eigenvalue weighted by Gasteiger charge is 2.34. The molecule has 2 aromatic carbocycles. The zero-order chi connectivity index (χ0) is 30.7. The van der Waals surface area contributed by atoms with Gasteiger partial charge in [-0.25, -0.2) is 0 Å². The molecule has 0 spiro atoms. The van der Waals surface area contributed by atoms with Crippen molar-refractivity contribution in [1.82, 2.24) is 0 Å². The zero-order valence-electron chi connectivity index (χ0n) is 27.7. The van der Waals surface area contributed by atoms with Crippen LogP contribution in [0.25, 0.3) is 0 Å². The number of rotatable bonds is 9. The second kappa shape index (κ2) is 14.4. The fourth-order valence-electron chi connectivity index (χ4n) is 6.71. The second-order valence-electron chi connectivity index (χ2n) is 13.7. The Bertz CT molecular complexity index is 1220. The van der Waals surface area contributed by atoms with Crippen molar-refractivity contribution in [3.63, 3.8) is 0 Å². The van der Waals surface area contributed by atoms with Crippen molar-refractivity contribution in [1.29, 1.82) is 0 Å². The molecular weight excluding hydrogens is 540 g/mol. The normalized spacial score (nSPS) is 31.6. The number of ether oxygens (including phenoxy) is 4. The maximum atomic E-state index is 6.19. The van der Waals surface area contributed by atoms with Gasteiger partial charge in [0.15, 0.2) is 18.3 Å². The van der Waals surface area contributed by atoms with E-state index in [2.05, 4.69) is 67.5 Å². The van der Waals surface area contributed by atoms with E-state index in [-0.39, 0.29) is 18.7 Å². The van der Waals surface area contributed by atoms with E-state index in [1.165, 1.54) is 48.8 Å². The van der Waals surface area contributed by atoms with Gasteiger partial charge in [-0.2, -0.15) is 4.89 Å². The lowest BCUT2D eigenvalue weighted by Gasteiger charge is -2.39. The van der Waals surface area contributed by atoms with E-state index < -0.39 is 0 Å². The van der Waals surface area contributed by atoms with Crippen LogP contribution in [-0.2, 0) is 36.9 Å². The predicted octanol–water partition coefficient (Wildman–Crippen LogP) is 8.64. The van der Waals surface area contributed by atoms with Gasteiger partial charge >= 0.3 is 0 Å². The van der Waals surface area contributed by atoms with Gasteiger partial charge in [0, 0.05) is 23.3 Å². The summed E-state index contributed by atoms with van der Waals surface area (Å²) in [5.41, 5.74) is 8.47. The molecule has 0 amide bonds. The van der Waals surface area contributed by atoms with E-state index in [9.17, 15) is 0 Å². The molecule has 3 fully saturated rings. The molecule has 1 aliphatic carbocycles. The van der Waals surface area contributed by atoms with Crippen LogP contribution < -0.4 is 4.89 Å². The minimum Gasteiger partial charge on any atom is -0.352 e. The molecule has 6 nitrogen and oxygen atoms in total. The van der Waals surface area contributed by atoms with Crippen LogP contribution in [0.15, 0.2) is 24.3 Å². The Balaban J connectivity index is 1.09. The van der Waals surface area contributed by atoms with Crippen molar-refractivity contribution in [3.8, 4) is 5.75 Å². The van der Waals surface area contributed by atoms with Gasteiger partial charge < -0.3 is 23.8 Å². The van der Waals surface area contributed by atoms with Crippen molar-refractivity contribution in [2.24, 2.45) is 23.7 Å². The summed E-state index contributed by atoms with van der Waals surface area (Å²) in [6.45, 7) is 19.2. The van der Waals surface area contributed by atoms with Gasteiger partial charge in [0.25, 0.3) is 0 Å². The lowest BCUT2D eigenvalue weighted by molar-refractivity contribution is -0.254. The summed E-state index contributed by atoms with van der Waals surface area (Å²) in [5, 5.41) is 0. The van der Waals surface area contributed by atoms with E-state index in [1.807, 2.05) is 12.1 Å². The first-order chi connectivity index (χ1) is 20.6. The summed E-state index contributed by atoms with van der Waals surface area (Å²) < 4.78 is 24.3. The molecular formula is C37H54O6. The van der Waals surface area contributed by atoms with Crippen LogP contribution in [0.2, 0.25) is 0 Å². The van der Waals surface area contributed by atoms with Crippen LogP contribution in [0.3, 0.4) is 0 Å². The van der Waals surface area contributed by atoms with Crippen LogP contribution in [0.4, 0.5) is 0 Å². The van der Waals surface area contributed by atoms with Crippen molar-refractivity contribution in [2.45, 2.75) is 125 Å². The molecule has 6 unspecified atom stereocenters. The van der Waals surface area contributed by atoms with Gasteiger partial charge in [-0.1, -0.05) is 26.0 Å². The average Bonchev–Trinajstić information content (AvgIpc) is 3.00. The smallest absolute Gasteiger partial charge is 0.184 e. The summed E-state index contributed by atoms with van der Waals surface area (Å²) in [5.74, 6) is 2.95. The minimum atomic E-state index is -0.335. The standard InChI is InChI=1S/C37H54O6/c1-22-19-38-36(41-28(22)7)32-13-10-30(11-14-32)9-12-31-15-16-33(25(4)24(31)3)21-40-43-35-18-17-34(26(5)27(35)6)37-39-20-23(2)29(8)42-37/h15-18,22-23,28-30,32,36-37H,9-14,19-21H2,1-8H3. The van der Waals surface area contributed by atoms with E-state index in [0.29, 0.717) is 37.1 Å². The van der Waals surface area contributed by atoms with Crippen LogP contribution >= 0.6 is 0 Å². The molecule has 5 rings (SSSR count). The molecule has 3 aliphatic rings. The van der Waals surface area contributed by atoms with Gasteiger partial charge in [0.05, 0.1) is 25.4 Å². The third-order valence-electron chi connectivity index (χ3n) is 10.8. The molecule has 6 atom stereocenters. The topological polar surface area (TPSA) is 55.4 Å². The molecule has 238 valence electrons. The lowest BCUT2D eigenvalue weighted by Crippen LogP contribution is -2.41. The summed E-state index contributed by atoms with van der Waals surface area (Å²) in [7, 11) is 0. The summed E-state index contributed by atoms with van der Waals surface area (Å²) in [4.78, 5) is 11.6. The van der Waals surface area contributed by atoms with E-state index in [4.69, 9.17) is 28.7 Å². The molecule has 1 saturated carbocycles. The van der Waals surface area contributed by atoms with Crippen LogP contribution in [0.1, 0.15) is 105 Å². The Kier molecular flexibility index (Phi) is 10.9. The van der Waals surface area contributed by atoms with Gasteiger partial charge in [-0.15, -0.1) is 0 Å². The van der Waals surface area contributed by atoms with Gasteiger partial charge in [0.1, 0.15) is 6.61 Å². The summed E-state index contributed by atoms with van der Waals surface area (Å²) in [6, 6.07) is 8.48. The lowest BCUT2D eigenvalue weighted by atomic mass is 9.78. The summed E-state index contributed by atoms with van der Waals surface area (Å²) >= 11 is 0. The third kappa shape index (κ3) is 7.65. The second-order valence-corrected chi connectivity index (χ2v) is 13.7. The maximum absolute atomic E-state index is 6.19. The van der Waals surface area contributed by atoms with Crippen LogP contribution in [0, 0.1) is 51.4 Å². The Labute approximate surface area is 259 Å². The average molecular weight is 595 g/mol. The molecule has 2 saturated heterocycles. The van der Waals surface area contributed by atoms with Crippen LogP contribution in [-0.4, -0.2) is 31.7 Å². The van der Waals surface area contributed by atoms with Crippen molar-refractivity contribution in [2.75, 3.05) is 13.2 Å². The third-order valence-corrected chi connectivity index (χ3v) is 10.8. The maximum Gasteiger partial charge on any atom is 0.184 e. The van der Waals surface area contributed by atoms with E-state index in [0.717, 1.165) is 46.9 Å². The number of aryl methyl sites for hydroxylation is 1. The first-order valence-electron chi connectivity index (χ1n) is 16.6. The molecule has 0 N–H and O–H groups in total. The molecule has 2 aromatic rings. The molecule has 0 aromatic heterocycles. The first-order valence-corrected chi connectivity index (χ1v) is 16.6. The van der Waals surface area contributed by atoms with Gasteiger partial charge in [0.2, 0.25) is 0 Å². The van der Waals surface area contributed by atoms with Crippen molar-refractivity contribution >= 4 is 0 Å². The van der Waals surface area contributed by atoms with Crippen molar-refractivity contribution < 1.29 is 28.7 Å². The minimum absolute atomic E-state index is 0.00164.